The Morgan fingerprint density at radius 1 is 1.22 bits per heavy atom. The molecule has 0 saturated heterocycles. The molecular formula is C19H16ClN5OS. The molecule has 0 bridgehead atoms. The summed E-state index contributed by atoms with van der Waals surface area (Å²) < 4.78 is 1.70. The maximum Gasteiger partial charge on any atom is 0.241 e. The number of carbonyl (C=O) groups is 1. The average Bonchev–Trinajstić information content (AvgIpc) is 3.29. The Bertz CT molecular complexity index is 1050. The van der Waals surface area contributed by atoms with Gasteiger partial charge in [0.15, 0.2) is 5.78 Å². The third-order valence-corrected chi connectivity index (χ3v) is 6.35. The van der Waals surface area contributed by atoms with Crippen molar-refractivity contribution in [2.24, 2.45) is 0 Å². The molecule has 1 aliphatic carbocycles. The summed E-state index contributed by atoms with van der Waals surface area (Å²) in [6.07, 6.45) is 1.25. The number of nitrogens with zero attached hydrogens (tertiary/aromatic N) is 3. The van der Waals surface area contributed by atoms with Crippen molar-refractivity contribution in [2.75, 3.05) is 11.1 Å². The van der Waals surface area contributed by atoms with Crippen LogP contribution in [-0.4, -0.2) is 20.5 Å². The van der Waals surface area contributed by atoms with Gasteiger partial charge in [-0.2, -0.15) is 4.98 Å². The van der Waals surface area contributed by atoms with Crippen molar-refractivity contribution in [3.63, 3.8) is 0 Å². The molecule has 1 aliphatic heterocycles. The highest BCUT2D eigenvalue weighted by Gasteiger charge is 2.39. The van der Waals surface area contributed by atoms with E-state index < -0.39 is 0 Å². The second-order valence-electron chi connectivity index (χ2n) is 6.75. The van der Waals surface area contributed by atoms with Crippen molar-refractivity contribution in [2.45, 2.75) is 24.8 Å². The minimum atomic E-state index is -0.352. The number of nitrogens with one attached hydrogen (secondary N) is 1. The highest BCUT2D eigenvalue weighted by Crippen LogP contribution is 2.44. The zero-order chi connectivity index (χ0) is 18.5. The second-order valence-corrected chi connectivity index (χ2v) is 8.17. The van der Waals surface area contributed by atoms with Crippen LogP contribution in [0.1, 0.15) is 35.2 Å². The first-order valence-electron chi connectivity index (χ1n) is 8.64. The van der Waals surface area contributed by atoms with E-state index in [1.165, 1.54) is 4.88 Å². The van der Waals surface area contributed by atoms with E-state index in [1.807, 2.05) is 35.7 Å². The van der Waals surface area contributed by atoms with Crippen LogP contribution in [-0.2, 0) is 4.79 Å². The third kappa shape index (κ3) is 2.74. The van der Waals surface area contributed by atoms with Gasteiger partial charge in [0.05, 0.1) is 0 Å². The molecule has 2 aliphatic rings. The van der Waals surface area contributed by atoms with Gasteiger partial charge in [0.2, 0.25) is 11.9 Å². The standard InChI is InChI=1S/C19H16ClN5OS/c20-12-5-3-10(4-6-12)17-16-13(22-19-23-18(21)24-25(17)19)8-11(9-14(16)26)15-2-1-7-27-15/h1-7,11,17H,8-9H2,(H3,21,22,23,24)/t11-,17+/m1/s1. The van der Waals surface area contributed by atoms with Gasteiger partial charge in [-0.25, -0.2) is 4.68 Å². The molecule has 136 valence electrons. The highest BCUT2D eigenvalue weighted by molar-refractivity contribution is 7.10. The maximum absolute atomic E-state index is 13.2. The lowest BCUT2D eigenvalue weighted by Gasteiger charge is -2.34. The van der Waals surface area contributed by atoms with Crippen LogP contribution >= 0.6 is 22.9 Å². The molecule has 3 aromatic rings. The molecule has 1 aromatic carbocycles. The number of nitrogen functional groups attached to an aromatic ring is 1. The van der Waals surface area contributed by atoms with Crippen LogP contribution in [0.4, 0.5) is 11.9 Å². The van der Waals surface area contributed by atoms with E-state index in [1.54, 1.807) is 16.0 Å². The molecule has 5 rings (SSSR count). The highest BCUT2D eigenvalue weighted by atomic mass is 35.5. The summed E-state index contributed by atoms with van der Waals surface area (Å²) in [6, 6.07) is 11.2. The van der Waals surface area contributed by atoms with E-state index in [2.05, 4.69) is 21.5 Å². The molecular weight excluding hydrogens is 382 g/mol. The molecule has 0 spiro atoms. The fraction of sp³-hybridized carbons (Fsp3) is 0.211. The normalized spacial score (nSPS) is 21.6. The topological polar surface area (TPSA) is 85.8 Å². The number of benzene rings is 1. The molecule has 2 aromatic heterocycles. The number of halogens is 1. The summed E-state index contributed by atoms with van der Waals surface area (Å²) in [5.41, 5.74) is 8.42. The average molecular weight is 398 g/mol. The fourth-order valence-electron chi connectivity index (χ4n) is 3.91. The summed E-state index contributed by atoms with van der Waals surface area (Å²) in [7, 11) is 0. The number of thiophene rings is 1. The van der Waals surface area contributed by atoms with Crippen LogP contribution in [0, 0.1) is 0 Å². The summed E-state index contributed by atoms with van der Waals surface area (Å²) in [4.78, 5) is 18.7. The first kappa shape index (κ1) is 16.5. The van der Waals surface area contributed by atoms with Gasteiger partial charge >= 0.3 is 0 Å². The Morgan fingerprint density at radius 3 is 2.78 bits per heavy atom. The van der Waals surface area contributed by atoms with Gasteiger partial charge in [0.1, 0.15) is 6.04 Å². The van der Waals surface area contributed by atoms with E-state index in [9.17, 15) is 4.79 Å². The Labute approximate surface area is 164 Å². The van der Waals surface area contributed by atoms with E-state index in [4.69, 9.17) is 17.3 Å². The molecule has 8 heteroatoms. The number of allylic oxidation sites excluding steroid dienone is 2. The number of Topliss-reactive ketones (excluding diaryl/α,β-unsaturated/α-hetero) is 1. The lowest BCUT2D eigenvalue weighted by Crippen LogP contribution is -2.33. The number of aromatic nitrogens is 3. The Balaban J connectivity index is 1.63. The maximum atomic E-state index is 13.2. The Hall–Kier alpha value is -2.64. The van der Waals surface area contributed by atoms with E-state index in [-0.39, 0.29) is 23.7 Å². The predicted octanol–water partition coefficient (Wildman–Crippen LogP) is 3.99. The summed E-state index contributed by atoms with van der Waals surface area (Å²) in [5, 5.41) is 10.3. The number of fused-ring (bicyclic) bond motifs is 1. The van der Waals surface area contributed by atoms with E-state index in [0.29, 0.717) is 17.4 Å². The smallest absolute Gasteiger partial charge is 0.241 e. The second kappa shape index (κ2) is 6.21. The van der Waals surface area contributed by atoms with Gasteiger partial charge in [0, 0.05) is 33.5 Å². The zero-order valence-electron chi connectivity index (χ0n) is 14.2. The largest absolute Gasteiger partial charge is 0.366 e. The summed E-state index contributed by atoms with van der Waals surface area (Å²) in [6.45, 7) is 0. The van der Waals surface area contributed by atoms with Gasteiger partial charge < -0.3 is 11.1 Å². The van der Waals surface area contributed by atoms with Crippen molar-refractivity contribution >= 4 is 40.6 Å². The molecule has 0 unspecified atom stereocenters. The van der Waals surface area contributed by atoms with Crippen LogP contribution in [0.5, 0.6) is 0 Å². The molecule has 27 heavy (non-hydrogen) atoms. The van der Waals surface area contributed by atoms with Crippen molar-refractivity contribution < 1.29 is 4.79 Å². The number of carbonyl (C=O) groups excluding carboxylic acids is 1. The first-order chi connectivity index (χ1) is 13.1. The minimum absolute atomic E-state index is 0.127. The van der Waals surface area contributed by atoms with Crippen LogP contribution in [0.15, 0.2) is 53.0 Å². The lowest BCUT2D eigenvalue weighted by atomic mass is 9.80. The quantitative estimate of drug-likeness (QED) is 0.682. The summed E-state index contributed by atoms with van der Waals surface area (Å²) >= 11 is 7.74. The fourth-order valence-corrected chi connectivity index (χ4v) is 4.86. The number of hydrogen-bond acceptors (Lipinski definition) is 6. The molecule has 3 heterocycles. The molecule has 0 saturated carbocycles. The van der Waals surface area contributed by atoms with Crippen LogP contribution in [0.25, 0.3) is 0 Å². The molecule has 0 radical (unpaired) electrons. The molecule has 3 N–H and O–H groups in total. The molecule has 6 nitrogen and oxygen atoms in total. The van der Waals surface area contributed by atoms with Crippen LogP contribution in [0.3, 0.4) is 0 Å². The van der Waals surface area contributed by atoms with Gasteiger partial charge in [-0.05, 0) is 35.6 Å². The molecule has 2 atom stereocenters. The number of ketones is 1. The predicted molar refractivity (Wildman–Crippen MR) is 106 cm³/mol. The van der Waals surface area contributed by atoms with Crippen LogP contribution < -0.4 is 11.1 Å². The van der Waals surface area contributed by atoms with Gasteiger partial charge in [-0.3, -0.25) is 4.79 Å². The van der Waals surface area contributed by atoms with Gasteiger partial charge in [-0.1, -0.05) is 29.8 Å². The van der Waals surface area contributed by atoms with Gasteiger partial charge in [0.25, 0.3) is 0 Å². The Kier molecular flexibility index (Phi) is 3.80. The van der Waals surface area contributed by atoms with Crippen LogP contribution in [0.2, 0.25) is 5.02 Å². The molecule has 0 fully saturated rings. The van der Waals surface area contributed by atoms with E-state index in [0.717, 1.165) is 23.3 Å². The summed E-state index contributed by atoms with van der Waals surface area (Å²) in [5.74, 6) is 1.05. The van der Waals surface area contributed by atoms with E-state index >= 15 is 0 Å². The number of anilines is 2. The number of hydrogen-bond donors (Lipinski definition) is 2. The first-order valence-corrected chi connectivity index (χ1v) is 9.90. The Morgan fingerprint density at radius 2 is 2.04 bits per heavy atom. The molecule has 0 amide bonds. The number of nitrogens with two attached hydrogens (primary N) is 1. The third-order valence-electron chi connectivity index (χ3n) is 5.07. The monoisotopic (exact) mass is 397 g/mol. The van der Waals surface area contributed by atoms with Crippen molar-refractivity contribution in [1.82, 2.24) is 14.8 Å². The minimum Gasteiger partial charge on any atom is -0.366 e. The lowest BCUT2D eigenvalue weighted by molar-refractivity contribution is -0.116. The zero-order valence-corrected chi connectivity index (χ0v) is 15.8. The number of rotatable bonds is 2. The van der Waals surface area contributed by atoms with Crippen molar-refractivity contribution in [3.05, 3.63) is 68.5 Å². The van der Waals surface area contributed by atoms with Crippen molar-refractivity contribution in [3.8, 4) is 0 Å². The SMILES string of the molecule is Nc1nc2n(n1)[C@@H](c1ccc(Cl)cc1)C1=C(C[C@@H](c3cccs3)CC1=O)N2. The van der Waals surface area contributed by atoms with Crippen molar-refractivity contribution in [1.29, 1.82) is 0 Å². The van der Waals surface area contributed by atoms with Gasteiger partial charge in [-0.15, -0.1) is 16.4 Å².